The van der Waals surface area contributed by atoms with Crippen LogP contribution in [0.1, 0.15) is 28.9 Å². The van der Waals surface area contributed by atoms with Crippen LogP contribution in [0.4, 0.5) is 0 Å². The van der Waals surface area contributed by atoms with Gasteiger partial charge in [-0.1, -0.05) is 60.7 Å². The normalized spacial score (nSPS) is 14.5. The van der Waals surface area contributed by atoms with E-state index in [1.54, 1.807) is 0 Å². The minimum absolute atomic E-state index is 0. The Balaban J connectivity index is 0.00000242. The average molecular weight is 320 g/mol. The summed E-state index contributed by atoms with van der Waals surface area (Å²) in [6.07, 6.45) is -0.574. The minimum atomic E-state index is -0.574. The molecule has 2 aromatic carbocycles. The molecule has 0 aliphatic heterocycles. The molecule has 0 fully saturated rings. The number of benzene rings is 2. The summed E-state index contributed by atoms with van der Waals surface area (Å²) in [6.45, 7) is 2.33. The zero-order valence-electron chi connectivity index (χ0n) is 12.9. The summed E-state index contributed by atoms with van der Waals surface area (Å²) < 4.78 is 0. The molecule has 2 aromatic rings. The Hall–Kier alpha value is -1.68. The van der Waals surface area contributed by atoms with Crippen molar-refractivity contribution in [3.05, 3.63) is 71.8 Å². The van der Waals surface area contributed by atoms with Gasteiger partial charge < -0.3 is 22.4 Å². The Bertz CT molecular complexity index is 574. The molecular weight excluding hydrogens is 298 g/mol. The van der Waals surface area contributed by atoms with Gasteiger partial charge in [-0.15, -0.1) is 0 Å². The van der Waals surface area contributed by atoms with Crippen molar-refractivity contribution in [3.8, 4) is 0 Å². The lowest BCUT2D eigenvalue weighted by Gasteiger charge is -2.25. The van der Waals surface area contributed by atoms with Gasteiger partial charge in [0.05, 0.1) is 7.05 Å². The Labute approximate surface area is 138 Å². The van der Waals surface area contributed by atoms with E-state index in [2.05, 4.69) is 0 Å². The van der Waals surface area contributed by atoms with Crippen molar-refractivity contribution in [3.63, 3.8) is 0 Å². The summed E-state index contributed by atoms with van der Waals surface area (Å²) in [7, 11) is 1.94. The van der Waals surface area contributed by atoms with Crippen molar-refractivity contribution in [1.29, 1.82) is 0 Å². The summed E-state index contributed by atoms with van der Waals surface area (Å²) in [6, 6.07) is 18.8. The molecule has 3 unspecified atom stereocenters. The van der Waals surface area contributed by atoms with Crippen LogP contribution in [0, 0.1) is 0 Å². The molecule has 118 valence electrons. The predicted molar refractivity (Wildman–Crippen MR) is 83.4 cm³/mol. The SMILES string of the molecule is CC(C(O)c1ccccc1)[NH+](C)CC(=O)c1ccccc1.[Cl-]. The van der Waals surface area contributed by atoms with Gasteiger partial charge >= 0.3 is 0 Å². The number of hydrogen-bond donors (Lipinski definition) is 2. The number of nitrogens with one attached hydrogen (secondary N) is 1. The van der Waals surface area contributed by atoms with Gasteiger partial charge in [0.1, 0.15) is 18.7 Å². The van der Waals surface area contributed by atoms with Gasteiger partial charge in [-0.25, -0.2) is 0 Å². The first-order valence-electron chi connectivity index (χ1n) is 7.23. The maximum atomic E-state index is 12.2. The topological polar surface area (TPSA) is 41.7 Å². The number of aliphatic hydroxyl groups excluding tert-OH is 1. The standard InChI is InChI=1S/C18H21NO2.ClH/c1-14(18(21)16-11-7-4-8-12-16)19(2)13-17(20)15-9-5-3-6-10-15;/h3-12,14,18,21H,13H2,1-2H3;1H. The van der Waals surface area contributed by atoms with Crippen molar-refractivity contribution in [2.45, 2.75) is 19.1 Å². The molecule has 0 aromatic heterocycles. The van der Waals surface area contributed by atoms with E-state index in [0.29, 0.717) is 6.54 Å². The first-order valence-corrected chi connectivity index (χ1v) is 7.23. The molecule has 0 aliphatic rings. The number of quaternary nitrogens is 1. The number of Topliss-reactive ketones (excluding diaryl/α,β-unsaturated/α-hetero) is 1. The summed E-state index contributed by atoms with van der Waals surface area (Å²) in [5.74, 6) is 0.0974. The largest absolute Gasteiger partial charge is 1.00 e. The van der Waals surface area contributed by atoms with Crippen molar-refractivity contribution >= 4 is 5.78 Å². The van der Waals surface area contributed by atoms with E-state index in [1.807, 2.05) is 74.6 Å². The van der Waals surface area contributed by atoms with E-state index in [1.165, 1.54) is 0 Å². The zero-order valence-corrected chi connectivity index (χ0v) is 13.6. The molecule has 0 amide bonds. The lowest BCUT2D eigenvalue weighted by atomic mass is 10.0. The Morgan fingerprint density at radius 1 is 1.05 bits per heavy atom. The molecule has 0 radical (unpaired) electrons. The van der Waals surface area contributed by atoms with E-state index in [9.17, 15) is 9.90 Å². The highest BCUT2D eigenvalue weighted by Crippen LogP contribution is 2.14. The molecule has 3 nitrogen and oxygen atoms in total. The number of hydrogen-bond acceptors (Lipinski definition) is 2. The summed E-state index contributed by atoms with van der Waals surface area (Å²) >= 11 is 0. The average Bonchev–Trinajstić information content (AvgIpc) is 2.55. The van der Waals surface area contributed by atoms with Crippen LogP contribution in [0.3, 0.4) is 0 Å². The van der Waals surface area contributed by atoms with E-state index < -0.39 is 6.10 Å². The second-order valence-electron chi connectivity index (χ2n) is 5.46. The third-order valence-corrected chi connectivity index (χ3v) is 3.93. The fourth-order valence-corrected chi connectivity index (χ4v) is 2.35. The third kappa shape index (κ3) is 4.67. The van der Waals surface area contributed by atoms with E-state index in [-0.39, 0.29) is 24.2 Å². The van der Waals surface area contributed by atoms with Gasteiger partial charge in [0.25, 0.3) is 0 Å². The van der Waals surface area contributed by atoms with Crippen LogP contribution in [0.2, 0.25) is 0 Å². The molecule has 0 spiro atoms. The Kier molecular flexibility index (Phi) is 7.25. The van der Waals surface area contributed by atoms with Crippen LogP contribution in [-0.4, -0.2) is 30.5 Å². The lowest BCUT2D eigenvalue weighted by Crippen LogP contribution is -3.14. The first kappa shape index (κ1) is 18.4. The second-order valence-corrected chi connectivity index (χ2v) is 5.46. The van der Waals surface area contributed by atoms with Crippen LogP contribution in [0.25, 0.3) is 0 Å². The summed E-state index contributed by atoms with van der Waals surface area (Å²) in [5, 5.41) is 10.4. The maximum Gasteiger partial charge on any atom is 0.216 e. The van der Waals surface area contributed by atoms with E-state index in [4.69, 9.17) is 0 Å². The molecule has 0 aliphatic carbocycles. The van der Waals surface area contributed by atoms with Gasteiger partial charge in [0.15, 0.2) is 0 Å². The molecule has 4 heteroatoms. The van der Waals surface area contributed by atoms with Crippen LogP contribution < -0.4 is 17.3 Å². The number of carbonyl (C=O) groups excluding carboxylic acids is 1. The van der Waals surface area contributed by atoms with Crippen molar-refractivity contribution in [2.24, 2.45) is 0 Å². The van der Waals surface area contributed by atoms with Gasteiger partial charge in [-0.05, 0) is 12.5 Å². The predicted octanol–water partition coefficient (Wildman–Crippen LogP) is -1.49. The molecule has 0 saturated heterocycles. The zero-order chi connectivity index (χ0) is 15.2. The quantitative estimate of drug-likeness (QED) is 0.637. The fourth-order valence-electron chi connectivity index (χ4n) is 2.35. The van der Waals surface area contributed by atoms with Gasteiger partial charge in [-0.2, -0.15) is 0 Å². The van der Waals surface area contributed by atoms with Crippen LogP contribution >= 0.6 is 0 Å². The second kappa shape index (κ2) is 8.69. The number of carbonyl (C=O) groups is 1. The molecule has 22 heavy (non-hydrogen) atoms. The number of rotatable bonds is 6. The van der Waals surface area contributed by atoms with Crippen molar-refractivity contribution in [2.75, 3.05) is 13.6 Å². The summed E-state index contributed by atoms with van der Waals surface area (Å²) in [4.78, 5) is 13.2. The summed E-state index contributed by atoms with van der Waals surface area (Å²) in [5.41, 5.74) is 1.61. The number of ketones is 1. The number of likely N-dealkylation sites (N-methyl/N-ethyl adjacent to an activating group) is 1. The van der Waals surface area contributed by atoms with Gasteiger partial charge in [0.2, 0.25) is 5.78 Å². The molecule has 3 atom stereocenters. The van der Waals surface area contributed by atoms with Crippen LogP contribution in [0.15, 0.2) is 60.7 Å². The van der Waals surface area contributed by atoms with Crippen LogP contribution in [-0.2, 0) is 0 Å². The minimum Gasteiger partial charge on any atom is -1.00 e. The highest BCUT2D eigenvalue weighted by molar-refractivity contribution is 5.96. The van der Waals surface area contributed by atoms with Crippen molar-refractivity contribution in [1.82, 2.24) is 0 Å². The Morgan fingerprint density at radius 2 is 1.55 bits per heavy atom. The smallest absolute Gasteiger partial charge is 0.216 e. The highest BCUT2D eigenvalue weighted by Gasteiger charge is 2.25. The Morgan fingerprint density at radius 3 is 2.09 bits per heavy atom. The molecule has 0 saturated carbocycles. The van der Waals surface area contributed by atoms with E-state index in [0.717, 1.165) is 16.0 Å². The molecule has 2 rings (SSSR count). The molecule has 2 N–H and O–H groups in total. The molecule has 0 heterocycles. The fraction of sp³-hybridized carbons (Fsp3) is 0.278. The first-order chi connectivity index (χ1) is 10.1. The maximum absolute atomic E-state index is 12.2. The number of halogens is 1. The third-order valence-electron chi connectivity index (χ3n) is 3.93. The highest BCUT2D eigenvalue weighted by atomic mass is 35.5. The van der Waals surface area contributed by atoms with Crippen molar-refractivity contribution < 1.29 is 27.2 Å². The molecular formula is C18H22ClNO2. The molecule has 0 bridgehead atoms. The monoisotopic (exact) mass is 319 g/mol. The van der Waals surface area contributed by atoms with Gasteiger partial charge in [0, 0.05) is 5.56 Å². The number of aliphatic hydroxyl groups is 1. The van der Waals surface area contributed by atoms with Crippen LogP contribution in [0.5, 0.6) is 0 Å². The lowest BCUT2D eigenvalue weighted by molar-refractivity contribution is -0.900. The van der Waals surface area contributed by atoms with Gasteiger partial charge in [-0.3, -0.25) is 4.79 Å². The van der Waals surface area contributed by atoms with E-state index >= 15 is 0 Å².